The number of esters is 2. The number of rotatable bonds is 13. The minimum atomic E-state index is -0.891. The van der Waals surface area contributed by atoms with Crippen LogP contribution in [0, 0.1) is 11.8 Å². The van der Waals surface area contributed by atoms with Crippen LogP contribution in [0.1, 0.15) is 54.7 Å². The molecule has 1 aromatic heterocycles. The predicted octanol–water partition coefficient (Wildman–Crippen LogP) is 4.94. The lowest BCUT2D eigenvalue weighted by atomic mass is 9.77. The van der Waals surface area contributed by atoms with Gasteiger partial charge in [-0.05, 0) is 56.6 Å². The van der Waals surface area contributed by atoms with Gasteiger partial charge in [0.25, 0.3) is 5.91 Å². The van der Waals surface area contributed by atoms with E-state index in [0.717, 1.165) is 19.3 Å². The second kappa shape index (κ2) is 17.2. The molecule has 0 radical (unpaired) electrons. The number of hydrogen-bond acceptors (Lipinski definition) is 9. The minimum Gasteiger partial charge on any atom is -0.493 e. The summed E-state index contributed by atoms with van der Waals surface area (Å²) in [5.41, 5.74) is 2.32. The fraction of sp³-hybridized carbons (Fsp3) is 0.429. The van der Waals surface area contributed by atoms with E-state index in [4.69, 9.17) is 23.7 Å². The fourth-order valence-corrected chi connectivity index (χ4v) is 5.67. The van der Waals surface area contributed by atoms with Gasteiger partial charge in [-0.25, -0.2) is 14.6 Å². The molecule has 1 aliphatic rings. The van der Waals surface area contributed by atoms with Crippen LogP contribution in [0.25, 0.3) is 0 Å². The number of aromatic nitrogens is 1. The first kappa shape index (κ1) is 33.5. The van der Waals surface area contributed by atoms with Crippen LogP contribution in [0.15, 0.2) is 72.9 Å². The average molecular weight is 619 g/mol. The molecule has 2 heterocycles. The summed E-state index contributed by atoms with van der Waals surface area (Å²) < 4.78 is 27.1. The van der Waals surface area contributed by atoms with Gasteiger partial charge in [-0.1, -0.05) is 67.1 Å². The van der Waals surface area contributed by atoms with Crippen LogP contribution in [0.5, 0.6) is 11.5 Å². The number of carbonyl (C=O) groups is 3. The van der Waals surface area contributed by atoms with Crippen LogP contribution in [0.3, 0.4) is 0 Å². The second-order valence-corrected chi connectivity index (χ2v) is 11.0. The van der Waals surface area contributed by atoms with Crippen LogP contribution >= 0.6 is 0 Å². The summed E-state index contributed by atoms with van der Waals surface area (Å²) in [6, 6.07) is 21.2. The van der Waals surface area contributed by atoms with Crippen molar-refractivity contribution in [2.45, 2.75) is 58.1 Å². The zero-order chi connectivity index (χ0) is 32.0. The first-order valence-electron chi connectivity index (χ1n) is 15.4. The largest absolute Gasteiger partial charge is 0.493 e. The van der Waals surface area contributed by atoms with E-state index in [1.165, 1.54) is 30.5 Å². The van der Waals surface area contributed by atoms with Gasteiger partial charge < -0.3 is 29.0 Å². The number of ether oxygens (including phenoxy) is 5. The van der Waals surface area contributed by atoms with Crippen LogP contribution in [-0.2, 0) is 36.6 Å². The zero-order valence-corrected chi connectivity index (χ0v) is 26.1. The number of hydrogen-bond donors (Lipinski definition) is 1. The minimum absolute atomic E-state index is 0.0163. The molecular formula is C35H42N2O8. The van der Waals surface area contributed by atoms with Crippen LogP contribution in [0.4, 0.5) is 0 Å². The highest BCUT2D eigenvalue weighted by Crippen LogP contribution is 2.33. The van der Waals surface area contributed by atoms with Crippen molar-refractivity contribution in [3.8, 4) is 11.5 Å². The van der Waals surface area contributed by atoms with E-state index in [2.05, 4.69) is 34.6 Å². The standard InChI is InChI=1S/C35H42N2O8/c1-4-42-22-31(38)43-23-44-33-30(41-3)18-19-36-32(33)34(39)37-29-17-11-16-27(20-25-12-7-5-8-13-25)28(24(2)45-35(29)40)21-26-14-9-6-10-15-26/h5-10,12-15,18-19,24,27-29H,4,11,16-17,20-23H2,1-3H3,(H,37,39)/t24-,27+,28-,29?/m0/s1. The molecule has 3 aromatic rings. The predicted molar refractivity (Wildman–Crippen MR) is 167 cm³/mol. The van der Waals surface area contributed by atoms with Crippen LogP contribution < -0.4 is 14.8 Å². The molecule has 0 saturated carbocycles. The Kier molecular flexibility index (Phi) is 12.8. The maximum absolute atomic E-state index is 13.5. The molecular weight excluding hydrogens is 576 g/mol. The Morgan fingerprint density at radius 3 is 2.33 bits per heavy atom. The van der Waals surface area contributed by atoms with E-state index >= 15 is 0 Å². The van der Waals surface area contributed by atoms with E-state index in [0.29, 0.717) is 19.4 Å². The van der Waals surface area contributed by atoms with Gasteiger partial charge in [-0.2, -0.15) is 0 Å². The third-order valence-corrected chi connectivity index (χ3v) is 7.97. The number of cyclic esters (lactones) is 1. The molecule has 1 aliphatic heterocycles. The highest BCUT2D eigenvalue weighted by molar-refractivity contribution is 5.98. The van der Waals surface area contributed by atoms with Crippen molar-refractivity contribution in [2.24, 2.45) is 11.8 Å². The topological polar surface area (TPSA) is 122 Å². The third kappa shape index (κ3) is 9.78. The molecule has 1 unspecified atom stereocenters. The van der Waals surface area contributed by atoms with E-state index in [1.807, 2.05) is 43.3 Å². The average Bonchev–Trinajstić information content (AvgIpc) is 3.10. The highest BCUT2D eigenvalue weighted by atomic mass is 16.7. The lowest BCUT2D eigenvalue weighted by Gasteiger charge is -2.31. The molecule has 45 heavy (non-hydrogen) atoms. The summed E-state index contributed by atoms with van der Waals surface area (Å²) in [6.07, 6.45) is 4.61. The normalized spacial score (nSPS) is 20.1. The van der Waals surface area contributed by atoms with E-state index in [-0.39, 0.29) is 41.7 Å². The fourth-order valence-electron chi connectivity index (χ4n) is 5.67. The number of carbonyl (C=O) groups excluding carboxylic acids is 3. The number of pyridine rings is 1. The molecule has 1 fully saturated rings. The second-order valence-electron chi connectivity index (χ2n) is 11.0. The summed E-state index contributed by atoms with van der Waals surface area (Å²) in [7, 11) is 1.42. The van der Waals surface area contributed by atoms with Gasteiger partial charge in [-0.15, -0.1) is 0 Å². The van der Waals surface area contributed by atoms with Gasteiger partial charge >= 0.3 is 11.9 Å². The highest BCUT2D eigenvalue weighted by Gasteiger charge is 2.35. The van der Waals surface area contributed by atoms with Crippen molar-refractivity contribution in [3.63, 3.8) is 0 Å². The molecule has 10 nitrogen and oxygen atoms in total. The molecule has 4 rings (SSSR count). The van der Waals surface area contributed by atoms with Gasteiger partial charge in [0.05, 0.1) is 7.11 Å². The number of nitrogens with zero attached hydrogens (tertiary/aromatic N) is 1. The smallest absolute Gasteiger partial charge is 0.334 e. The maximum Gasteiger partial charge on any atom is 0.334 e. The lowest BCUT2D eigenvalue weighted by Crippen LogP contribution is -2.43. The van der Waals surface area contributed by atoms with Crippen molar-refractivity contribution in [1.82, 2.24) is 10.3 Å². The molecule has 1 N–H and O–H groups in total. The third-order valence-electron chi connectivity index (χ3n) is 7.97. The Hall–Kier alpha value is -4.44. The monoisotopic (exact) mass is 618 g/mol. The molecule has 0 aliphatic carbocycles. The van der Waals surface area contributed by atoms with Crippen molar-refractivity contribution in [1.29, 1.82) is 0 Å². The molecule has 2 aromatic carbocycles. The van der Waals surface area contributed by atoms with Gasteiger partial charge in [0, 0.05) is 24.8 Å². The van der Waals surface area contributed by atoms with Crippen LogP contribution in [-0.4, -0.2) is 62.1 Å². The Morgan fingerprint density at radius 1 is 0.978 bits per heavy atom. The lowest BCUT2D eigenvalue weighted by molar-refractivity contribution is -0.155. The molecule has 4 atom stereocenters. The number of benzene rings is 2. The zero-order valence-electron chi connectivity index (χ0n) is 26.1. The van der Waals surface area contributed by atoms with Gasteiger partial charge in [0.15, 0.2) is 17.2 Å². The Bertz CT molecular complexity index is 1380. The number of methoxy groups -OCH3 is 1. The Balaban J connectivity index is 1.50. The van der Waals surface area contributed by atoms with E-state index in [1.54, 1.807) is 6.92 Å². The van der Waals surface area contributed by atoms with Gasteiger partial charge in [0.1, 0.15) is 18.8 Å². The summed E-state index contributed by atoms with van der Waals surface area (Å²) in [4.78, 5) is 43.0. The van der Waals surface area contributed by atoms with Crippen LogP contribution in [0.2, 0.25) is 0 Å². The van der Waals surface area contributed by atoms with Crippen molar-refractivity contribution in [2.75, 3.05) is 27.1 Å². The Labute approximate surface area is 264 Å². The molecule has 1 saturated heterocycles. The first-order chi connectivity index (χ1) is 21.9. The maximum atomic E-state index is 13.5. The van der Waals surface area contributed by atoms with E-state index < -0.39 is 30.7 Å². The van der Waals surface area contributed by atoms with Crippen molar-refractivity contribution < 1.29 is 38.1 Å². The van der Waals surface area contributed by atoms with Gasteiger partial charge in [-0.3, -0.25) is 4.79 Å². The SMILES string of the molecule is CCOCC(=O)OCOc1c(OC)ccnc1C(=O)NC1CCC[C@H](Cc2ccccc2)[C@@H](Cc2ccccc2)[C@H](C)OC1=O. The molecule has 1 amide bonds. The summed E-state index contributed by atoms with van der Waals surface area (Å²) in [5.74, 6) is -1.22. The number of amides is 1. The van der Waals surface area contributed by atoms with Gasteiger partial charge in [0.2, 0.25) is 6.79 Å². The molecule has 10 heteroatoms. The van der Waals surface area contributed by atoms with E-state index in [9.17, 15) is 14.4 Å². The Morgan fingerprint density at radius 2 is 1.67 bits per heavy atom. The van der Waals surface area contributed by atoms with Crippen molar-refractivity contribution >= 4 is 17.8 Å². The first-order valence-corrected chi connectivity index (χ1v) is 15.4. The summed E-state index contributed by atoms with van der Waals surface area (Å²) in [5, 5.41) is 2.81. The molecule has 240 valence electrons. The summed E-state index contributed by atoms with van der Waals surface area (Å²) >= 11 is 0. The molecule has 0 bridgehead atoms. The summed E-state index contributed by atoms with van der Waals surface area (Å²) in [6.45, 7) is 3.35. The molecule has 0 spiro atoms. The quantitative estimate of drug-likeness (QED) is 0.210. The van der Waals surface area contributed by atoms with Crippen molar-refractivity contribution in [3.05, 3.63) is 89.7 Å². The number of nitrogens with one attached hydrogen (secondary N) is 1.